The maximum absolute atomic E-state index is 3.84. The van der Waals surface area contributed by atoms with Crippen LogP contribution in [0, 0.1) is 0 Å². The number of likely N-dealkylation sites (N-methyl/N-ethyl adjacent to an activating group) is 1. The number of rotatable bonds is 5. The molecule has 0 bridgehead atoms. The van der Waals surface area contributed by atoms with Crippen molar-refractivity contribution in [2.24, 2.45) is 0 Å². The second-order valence-electron chi connectivity index (χ2n) is 4.14. The summed E-state index contributed by atoms with van der Waals surface area (Å²) in [4.78, 5) is 2.22. The summed E-state index contributed by atoms with van der Waals surface area (Å²) in [6.45, 7) is 7.14. The van der Waals surface area contributed by atoms with E-state index in [0.29, 0.717) is 0 Å². The third kappa shape index (κ3) is 3.52. The van der Waals surface area contributed by atoms with Crippen molar-refractivity contribution in [3.63, 3.8) is 0 Å². The fourth-order valence-electron chi connectivity index (χ4n) is 1.67. The zero-order valence-corrected chi connectivity index (χ0v) is 10.1. The molecule has 0 saturated heterocycles. The zero-order valence-electron chi connectivity index (χ0n) is 10.1. The molecule has 0 aliphatic heterocycles. The molecule has 0 spiro atoms. The maximum atomic E-state index is 3.84. The van der Waals surface area contributed by atoms with Crippen LogP contribution in [0.5, 0.6) is 0 Å². The van der Waals surface area contributed by atoms with E-state index in [1.54, 1.807) is 0 Å². The van der Waals surface area contributed by atoms with Gasteiger partial charge in [-0.05, 0) is 43.6 Å². The maximum Gasteiger partial charge on any atom is 0.00157 e. The molecule has 0 aliphatic rings. The number of aryl methyl sites for hydroxylation is 1. The lowest BCUT2D eigenvalue weighted by Crippen LogP contribution is -2.15. The van der Waals surface area contributed by atoms with Crippen molar-refractivity contribution in [2.75, 3.05) is 20.6 Å². The monoisotopic (exact) mass is 203 g/mol. The number of hydrogen-bond acceptors (Lipinski definition) is 1. The molecular formula is C14H21N. The Morgan fingerprint density at radius 3 is 2.60 bits per heavy atom. The minimum Gasteiger partial charge on any atom is -0.309 e. The van der Waals surface area contributed by atoms with E-state index >= 15 is 0 Å². The molecule has 0 N–H and O–H groups in total. The molecule has 82 valence electrons. The van der Waals surface area contributed by atoms with Gasteiger partial charge in [0.15, 0.2) is 0 Å². The van der Waals surface area contributed by atoms with Gasteiger partial charge in [-0.25, -0.2) is 0 Å². The van der Waals surface area contributed by atoms with E-state index in [2.05, 4.69) is 50.7 Å². The topological polar surface area (TPSA) is 3.24 Å². The highest BCUT2D eigenvalue weighted by atomic mass is 15.0. The first-order chi connectivity index (χ1) is 7.17. The molecule has 1 aromatic rings. The van der Waals surface area contributed by atoms with Gasteiger partial charge in [-0.15, -0.1) is 0 Å². The van der Waals surface area contributed by atoms with E-state index in [9.17, 15) is 0 Å². The highest BCUT2D eigenvalue weighted by Gasteiger charge is 2.00. The molecular weight excluding hydrogens is 182 g/mol. The van der Waals surface area contributed by atoms with Crippen molar-refractivity contribution in [3.05, 3.63) is 41.5 Å². The summed E-state index contributed by atoms with van der Waals surface area (Å²) in [5, 5.41) is 0. The standard InChI is InChI=1S/C14H21N/c1-5-13-8-7-12(9-10-15(3)4)11-14(13)6-2/h5,7-8,11H,1,6,9-10H2,2-4H3. The normalized spacial score (nSPS) is 10.7. The fraction of sp³-hybridized carbons (Fsp3) is 0.429. The molecule has 0 unspecified atom stereocenters. The Bertz CT molecular complexity index is 326. The molecule has 1 heteroatoms. The van der Waals surface area contributed by atoms with Crippen molar-refractivity contribution < 1.29 is 0 Å². The van der Waals surface area contributed by atoms with Gasteiger partial charge >= 0.3 is 0 Å². The lowest BCUT2D eigenvalue weighted by molar-refractivity contribution is 0.413. The third-order valence-electron chi connectivity index (χ3n) is 2.66. The van der Waals surface area contributed by atoms with E-state index in [1.807, 2.05) is 6.08 Å². The van der Waals surface area contributed by atoms with Crippen LogP contribution in [-0.4, -0.2) is 25.5 Å². The lowest BCUT2D eigenvalue weighted by Gasteiger charge is -2.11. The van der Waals surface area contributed by atoms with E-state index in [1.165, 1.54) is 16.7 Å². The minimum atomic E-state index is 1.08. The SMILES string of the molecule is C=Cc1ccc(CCN(C)C)cc1CC. The highest BCUT2D eigenvalue weighted by molar-refractivity contribution is 5.52. The Kier molecular flexibility index (Phi) is 4.57. The van der Waals surface area contributed by atoms with Crippen LogP contribution in [0.1, 0.15) is 23.6 Å². The second kappa shape index (κ2) is 5.72. The summed E-state index contributed by atoms with van der Waals surface area (Å²) in [6.07, 6.45) is 4.14. The largest absolute Gasteiger partial charge is 0.309 e. The number of nitrogens with zero attached hydrogens (tertiary/aromatic N) is 1. The van der Waals surface area contributed by atoms with Gasteiger partial charge in [-0.2, -0.15) is 0 Å². The summed E-state index contributed by atoms with van der Waals surface area (Å²) < 4.78 is 0. The molecule has 0 radical (unpaired) electrons. The van der Waals surface area contributed by atoms with E-state index < -0.39 is 0 Å². The fourth-order valence-corrected chi connectivity index (χ4v) is 1.67. The van der Waals surface area contributed by atoms with Crippen molar-refractivity contribution in [2.45, 2.75) is 19.8 Å². The molecule has 1 rings (SSSR count). The quantitative estimate of drug-likeness (QED) is 0.711. The van der Waals surface area contributed by atoms with Gasteiger partial charge in [0.05, 0.1) is 0 Å². The Morgan fingerprint density at radius 2 is 2.07 bits per heavy atom. The molecule has 0 saturated carbocycles. The van der Waals surface area contributed by atoms with Crippen LogP contribution in [0.3, 0.4) is 0 Å². The Hall–Kier alpha value is -1.08. The highest BCUT2D eigenvalue weighted by Crippen LogP contribution is 2.14. The van der Waals surface area contributed by atoms with Gasteiger partial charge in [-0.3, -0.25) is 0 Å². The van der Waals surface area contributed by atoms with Gasteiger partial charge in [0, 0.05) is 6.54 Å². The number of benzene rings is 1. The van der Waals surface area contributed by atoms with Gasteiger partial charge < -0.3 is 4.90 Å². The molecule has 1 nitrogen and oxygen atoms in total. The Morgan fingerprint density at radius 1 is 1.33 bits per heavy atom. The summed E-state index contributed by atoms with van der Waals surface area (Å²) >= 11 is 0. The van der Waals surface area contributed by atoms with E-state index in [-0.39, 0.29) is 0 Å². The minimum absolute atomic E-state index is 1.08. The van der Waals surface area contributed by atoms with Crippen LogP contribution in [0.4, 0.5) is 0 Å². The van der Waals surface area contributed by atoms with E-state index in [4.69, 9.17) is 0 Å². The average molecular weight is 203 g/mol. The first kappa shape index (κ1) is 12.0. The summed E-state index contributed by atoms with van der Waals surface area (Å²) in [5.41, 5.74) is 4.10. The predicted octanol–water partition coefficient (Wildman–Crippen LogP) is 3.00. The summed E-state index contributed by atoms with van der Waals surface area (Å²) in [5.74, 6) is 0. The first-order valence-electron chi connectivity index (χ1n) is 5.56. The van der Waals surface area contributed by atoms with Crippen molar-refractivity contribution in [1.29, 1.82) is 0 Å². The molecule has 15 heavy (non-hydrogen) atoms. The second-order valence-corrected chi connectivity index (χ2v) is 4.14. The molecule has 1 aromatic carbocycles. The van der Waals surface area contributed by atoms with Gasteiger partial charge in [0.1, 0.15) is 0 Å². The summed E-state index contributed by atoms with van der Waals surface area (Å²) in [6, 6.07) is 6.69. The Balaban J connectivity index is 2.79. The van der Waals surface area contributed by atoms with E-state index in [0.717, 1.165) is 19.4 Å². The third-order valence-corrected chi connectivity index (χ3v) is 2.66. The van der Waals surface area contributed by atoms with Gasteiger partial charge in [0.25, 0.3) is 0 Å². The molecule has 0 heterocycles. The zero-order chi connectivity index (χ0) is 11.3. The van der Waals surface area contributed by atoms with Crippen molar-refractivity contribution >= 4 is 6.08 Å². The van der Waals surface area contributed by atoms with Gasteiger partial charge in [0.2, 0.25) is 0 Å². The predicted molar refractivity (Wildman–Crippen MR) is 68.2 cm³/mol. The average Bonchev–Trinajstić information content (AvgIpc) is 2.25. The first-order valence-corrected chi connectivity index (χ1v) is 5.56. The molecule has 0 atom stereocenters. The van der Waals surface area contributed by atoms with Crippen molar-refractivity contribution in [3.8, 4) is 0 Å². The Labute approximate surface area is 93.4 Å². The van der Waals surface area contributed by atoms with Gasteiger partial charge in [-0.1, -0.05) is 37.8 Å². The summed E-state index contributed by atoms with van der Waals surface area (Å²) in [7, 11) is 4.22. The van der Waals surface area contributed by atoms with Crippen molar-refractivity contribution in [1.82, 2.24) is 4.90 Å². The molecule has 0 aromatic heterocycles. The molecule has 0 fully saturated rings. The van der Waals surface area contributed by atoms with Crippen LogP contribution < -0.4 is 0 Å². The van der Waals surface area contributed by atoms with Crippen LogP contribution in [0.15, 0.2) is 24.8 Å². The molecule has 0 aliphatic carbocycles. The lowest BCUT2D eigenvalue weighted by atomic mass is 10.0. The van der Waals surface area contributed by atoms with Crippen LogP contribution in [0.2, 0.25) is 0 Å². The van der Waals surface area contributed by atoms with Crippen LogP contribution in [0.25, 0.3) is 6.08 Å². The smallest absolute Gasteiger partial charge is 0.00157 e. The van der Waals surface area contributed by atoms with Crippen LogP contribution >= 0.6 is 0 Å². The van der Waals surface area contributed by atoms with Crippen LogP contribution in [-0.2, 0) is 12.8 Å². The molecule has 0 amide bonds. The number of hydrogen-bond donors (Lipinski definition) is 0.